The molecule has 1 amide bonds. The lowest BCUT2D eigenvalue weighted by atomic mass is 9.95. The smallest absolute Gasteiger partial charge is 0.387 e. The normalized spacial score (nSPS) is 20.8. The minimum Gasteiger partial charge on any atom is -0.435 e. The van der Waals surface area contributed by atoms with E-state index in [-0.39, 0.29) is 17.7 Å². The van der Waals surface area contributed by atoms with Crippen molar-refractivity contribution in [1.29, 1.82) is 0 Å². The Bertz CT molecular complexity index is 907. The van der Waals surface area contributed by atoms with E-state index < -0.39 is 6.61 Å². The van der Waals surface area contributed by atoms with Crippen molar-refractivity contribution in [2.75, 3.05) is 56.0 Å². The Hall–Kier alpha value is -2.78. The van der Waals surface area contributed by atoms with Crippen molar-refractivity contribution >= 4 is 17.4 Å². The Balaban J connectivity index is 1.23. The highest BCUT2D eigenvalue weighted by molar-refractivity contribution is 5.94. The van der Waals surface area contributed by atoms with Gasteiger partial charge in [-0.2, -0.15) is 8.78 Å². The number of rotatable bonds is 8. The third-order valence-corrected chi connectivity index (χ3v) is 6.69. The molecule has 1 N–H and O–H groups in total. The van der Waals surface area contributed by atoms with Crippen LogP contribution in [0.3, 0.4) is 0 Å². The van der Waals surface area contributed by atoms with E-state index in [1.807, 2.05) is 25.3 Å². The van der Waals surface area contributed by atoms with E-state index in [0.29, 0.717) is 11.6 Å². The standard InChI is InChI=1S/C25H33F2N5O2/c1-19(24(33)29-21-7-9-22(10-8-21)34-25(26)27)32-12-4-5-20(18-32)17-30-13-15-31(16-14-30)23-6-2-3-11-28-23/h2-3,6-11,19-20,25H,4-5,12-18H2,1H3,(H,29,33)/t19-,20-/m0/s1. The summed E-state index contributed by atoms with van der Waals surface area (Å²) in [6, 6.07) is 11.8. The summed E-state index contributed by atoms with van der Waals surface area (Å²) in [6.07, 6.45) is 4.10. The first-order valence-corrected chi connectivity index (χ1v) is 12.0. The van der Waals surface area contributed by atoms with Gasteiger partial charge in [-0.25, -0.2) is 4.98 Å². The molecular formula is C25H33F2N5O2. The Morgan fingerprint density at radius 1 is 1.12 bits per heavy atom. The maximum atomic E-state index is 12.8. The van der Waals surface area contributed by atoms with Crippen LogP contribution in [0.4, 0.5) is 20.3 Å². The number of hydrogen-bond acceptors (Lipinski definition) is 6. The number of nitrogens with one attached hydrogen (secondary N) is 1. The molecule has 4 rings (SSSR count). The number of aromatic nitrogens is 1. The molecule has 7 nitrogen and oxygen atoms in total. The zero-order valence-electron chi connectivity index (χ0n) is 19.6. The topological polar surface area (TPSA) is 60.9 Å². The molecule has 3 heterocycles. The number of amides is 1. The largest absolute Gasteiger partial charge is 0.435 e. The number of piperidine rings is 1. The molecule has 0 radical (unpaired) electrons. The summed E-state index contributed by atoms with van der Waals surface area (Å²) in [5.74, 6) is 1.56. The number of pyridine rings is 1. The monoisotopic (exact) mass is 473 g/mol. The average molecular weight is 474 g/mol. The third-order valence-electron chi connectivity index (χ3n) is 6.69. The molecule has 2 atom stereocenters. The summed E-state index contributed by atoms with van der Waals surface area (Å²) in [4.78, 5) is 24.4. The number of piperazine rings is 1. The summed E-state index contributed by atoms with van der Waals surface area (Å²) in [7, 11) is 0. The summed E-state index contributed by atoms with van der Waals surface area (Å²) in [6.45, 7) is 5.92. The molecule has 1 aromatic heterocycles. The van der Waals surface area contributed by atoms with E-state index in [0.717, 1.165) is 58.1 Å². The third kappa shape index (κ3) is 6.64. The Morgan fingerprint density at radius 3 is 2.56 bits per heavy atom. The van der Waals surface area contributed by atoms with Crippen molar-refractivity contribution < 1.29 is 18.3 Å². The van der Waals surface area contributed by atoms with Crippen LogP contribution in [0.5, 0.6) is 5.75 Å². The van der Waals surface area contributed by atoms with Crippen molar-refractivity contribution in [2.24, 2.45) is 5.92 Å². The van der Waals surface area contributed by atoms with E-state index in [9.17, 15) is 13.6 Å². The Labute approximate surface area is 199 Å². The highest BCUT2D eigenvalue weighted by Crippen LogP contribution is 2.23. The van der Waals surface area contributed by atoms with Gasteiger partial charge in [0.25, 0.3) is 0 Å². The average Bonchev–Trinajstić information content (AvgIpc) is 2.85. The quantitative estimate of drug-likeness (QED) is 0.633. The summed E-state index contributed by atoms with van der Waals surface area (Å²) >= 11 is 0. The van der Waals surface area contributed by atoms with Crippen molar-refractivity contribution in [3.63, 3.8) is 0 Å². The van der Waals surface area contributed by atoms with Crippen LogP contribution in [-0.2, 0) is 4.79 Å². The van der Waals surface area contributed by atoms with E-state index in [1.54, 1.807) is 12.1 Å². The Morgan fingerprint density at radius 2 is 1.88 bits per heavy atom. The first-order chi connectivity index (χ1) is 16.5. The van der Waals surface area contributed by atoms with E-state index in [1.165, 1.54) is 18.6 Å². The van der Waals surface area contributed by atoms with Crippen LogP contribution in [0, 0.1) is 5.92 Å². The second-order valence-electron chi connectivity index (χ2n) is 9.05. The van der Waals surface area contributed by atoms with Gasteiger partial charge in [0.2, 0.25) is 5.91 Å². The fraction of sp³-hybridized carbons (Fsp3) is 0.520. The van der Waals surface area contributed by atoms with Crippen LogP contribution in [0.15, 0.2) is 48.7 Å². The zero-order valence-corrected chi connectivity index (χ0v) is 19.6. The number of carbonyl (C=O) groups excluding carboxylic acids is 1. The highest BCUT2D eigenvalue weighted by atomic mass is 19.3. The van der Waals surface area contributed by atoms with Gasteiger partial charge in [0, 0.05) is 51.2 Å². The van der Waals surface area contributed by atoms with Gasteiger partial charge in [-0.1, -0.05) is 6.07 Å². The molecule has 0 spiro atoms. The van der Waals surface area contributed by atoms with Crippen LogP contribution < -0.4 is 15.0 Å². The van der Waals surface area contributed by atoms with Gasteiger partial charge in [-0.3, -0.25) is 14.6 Å². The molecule has 0 aliphatic carbocycles. The summed E-state index contributed by atoms with van der Waals surface area (Å²) in [5, 5.41) is 2.89. The van der Waals surface area contributed by atoms with Gasteiger partial charge >= 0.3 is 6.61 Å². The molecule has 2 aliphatic heterocycles. The summed E-state index contributed by atoms with van der Waals surface area (Å²) in [5.41, 5.74) is 0.567. The van der Waals surface area contributed by atoms with E-state index >= 15 is 0 Å². The van der Waals surface area contributed by atoms with Crippen LogP contribution in [0.2, 0.25) is 0 Å². The first-order valence-electron chi connectivity index (χ1n) is 12.0. The zero-order chi connectivity index (χ0) is 23.9. The number of ether oxygens (including phenoxy) is 1. The number of alkyl halides is 2. The van der Waals surface area contributed by atoms with Gasteiger partial charge in [0.1, 0.15) is 11.6 Å². The minimum atomic E-state index is -2.86. The predicted octanol–water partition coefficient (Wildman–Crippen LogP) is 3.54. The molecule has 2 aromatic rings. The molecule has 0 bridgehead atoms. The second kappa shape index (κ2) is 11.6. The highest BCUT2D eigenvalue weighted by Gasteiger charge is 2.29. The fourth-order valence-electron chi connectivity index (χ4n) is 4.80. The molecule has 9 heteroatoms. The maximum Gasteiger partial charge on any atom is 0.387 e. The number of anilines is 2. The second-order valence-corrected chi connectivity index (χ2v) is 9.05. The first kappa shape index (κ1) is 24.3. The number of hydrogen-bond donors (Lipinski definition) is 1. The molecule has 0 saturated carbocycles. The lowest BCUT2D eigenvalue weighted by Gasteiger charge is -2.40. The molecule has 2 aliphatic rings. The fourth-order valence-corrected chi connectivity index (χ4v) is 4.80. The van der Waals surface area contributed by atoms with Gasteiger partial charge in [0.15, 0.2) is 0 Å². The predicted molar refractivity (Wildman–Crippen MR) is 128 cm³/mol. The molecular weight excluding hydrogens is 440 g/mol. The lowest BCUT2D eigenvalue weighted by molar-refractivity contribution is -0.121. The van der Waals surface area contributed by atoms with Crippen molar-refractivity contribution in [3.8, 4) is 5.75 Å². The number of halogens is 2. The van der Waals surface area contributed by atoms with E-state index in [2.05, 4.69) is 35.8 Å². The van der Waals surface area contributed by atoms with Crippen LogP contribution in [0.25, 0.3) is 0 Å². The van der Waals surface area contributed by atoms with Crippen molar-refractivity contribution in [2.45, 2.75) is 32.4 Å². The SMILES string of the molecule is C[C@@H](C(=O)Nc1ccc(OC(F)F)cc1)N1CCC[C@@H](CN2CCN(c3ccccn3)CC2)C1. The Kier molecular flexibility index (Phi) is 8.29. The molecule has 1 aromatic carbocycles. The molecule has 0 unspecified atom stereocenters. The molecule has 2 saturated heterocycles. The number of benzene rings is 1. The lowest BCUT2D eigenvalue weighted by Crippen LogP contribution is -2.52. The summed E-state index contributed by atoms with van der Waals surface area (Å²) < 4.78 is 29.0. The number of nitrogens with zero attached hydrogens (tertiary/aromatic N) is 4. The van der Waals surface area contributed by atoms with Crippen molar-refractivity contribution in [1.82, 2.24) is 14.8 Å². The molecule has 2 fully saturated rings. The molecule has 34 heavy (non-hydrogen) atoms. The number of likely N-dealkylation sites (tertiary alicyclic amines) is 1. The van der Waals surface area contributed by atoms with Crippen LogP contribution in [-0.4, -0.2) is 79.2 Å². The van der Waals surface area contributed by atoms with E-state index in [4.69, 9.17) is 0 Å². The molecule has 184 valence electrons. The van der Waals surface area contributed by atoms with Crippen LogP contribution >= 0.6 is 0 Å². The van der Waals surface area contributed by atoms with Gasteiger partial charge in [-0.05, 0) is 68.6 Å². The van der Waals surface area contributed by atoms with Crippen molar-refractivity contribution in [3.05, 3.63) is 48.7 Å². The van der Waals surface area contributed by atoms with Gasteiger partial charge in [0.05, 0.1) is 6.04 Å². The van der Waals surface area contributed by atoms with Gasteiger partial charge < -0.3 is 15.0 Å². The maximum absolute atomic E-state index is 12.8. The number of carbonyl (C=O) groups is 1. The van der Waals surface area contributed by atoms with Gasteiger partial charge in [-0.15, -0.1) is 0 Å². The van der Waals surface area contributed by atoms with Crippen LogP contribution in [0.1, 0.15) is 19.8 Å². The minimum absolute atomic E-state index is 0.0702.